The normalized spacial score (nSPS) is 10.4. The lowest BCUT2D eigenvalue weighted by molar-refractivity contribution is 0.205. The smallest absolute Gasteiger partial charge is 0.132 e. The van der Waals surface area contributed by atoms with Crippen LogP contribution in [0.2, 0.25) is 0 Å². The molecule has 0 aliphatic rings. The molecule has 2 N–H and O–H groups in total. The monoisotopic (exact) mass is 224 g/mol. The van der Waals surface area contributed by atoms with Crippen molar-refractivity contribution < 1.29 is 4.74 Å². The van der Waals surface area contributed by atoms with Crippen molar-refractivity contribution in [3.8, 4) is 0 Å². The summed E-state index contributed by atoms with van der Waals surface area (Å²) in [5, 5.41) is 0. The van der Waals surface area contributed by atoms with Crippen molar-refractivity contribution in [2.24, 2.45) is 5.73 Å². The van der Waals surface area contributed by atoms with Crippen molar-refractivity contribution in [2.45, 2.75) is 13.3 Å². The Morgan fingerprint density at radius 2 is 2.19 bits per heavy atom. The van der Waals surface area contributed by atoms with E-state index >= 15 is 0 Å². The van der Waals surface area contributed by atoms with E-state index in [1.54, 1.807) is 13.4 Å². The van der Waals surface area contributed by atoms with Gasteiger partial charge in [-0.15, -0.1) is 0 Å². The number of anilines is 1. The van der Waals surface area contributed by atoms with Crippen LogP contribution in [0.4, 0.5) is 5.82 Å². The molecule has 0 aliphatic carbocycles. The topological polar surface area (TPSA) is 64.3 Å². The quantitative estimate of drug-likeness (QED) is 0.734. The maximum atomic E-state index is 5.52. The van der Waals surface area contributed by atoms with Crippen molar-refractivity contribution in [1.29, 1.82) is 0 Å². The van der Waals surface area contributed by atoms with E-state index in [4.69, 9.17) is 10.5 Å². The van der Waals surface area contributed by atoms with Crippen molar-refractivity contribution in [3.05, 3.63) is 18.1 Å². The molecule has 0 aliphatic heterocycles. The summed E-state index contributed by atoms with van der Waals surface area (Å²) >= 11 is 0. The molecular weight excluding hydrogens is 204 g/mol. The number of aromatic nitrogens is 2. The molecule has 0 radical (unpaired) electrons. The van der Waals surface area contributed by atoms with Crippen molar-refractivity contribution in [1.82, 2.24) is 9.97 Å². The fourth-order valence-corrected chi connectivity index (χ4v) is 1.44. The van der Waals surface area contributed by atoms with Gasteiger partial charge < -0.3 is 15.4 Å². The summed E-state index contributed by atoms with van der Waals surface area (Å²) in [4.78, 5) is 10.5. The Morgan fingerprint density at radius 3 is 2.81 bits per heavy atom. The number of aryl methyl sites for hydroxylation is 1. The van der Waals surface area contributed by atoms with E-state index < -0.39 is 0 Å². The number of nitrogens with two attached hydrogens (primary N) is 1. The molecule has 0 atom stereocenters. The Labute approximate surface area is 96.6 Å². The van der Waals surface area contributed by atoms with Gasteiger partial charge in [-0.25, -0.2) is 9.97 Å². The molecule has 0 aromatic carbocycles. The van der Waals surface area contributed by atoms with E-state index in [0.29, 0.717) is 13.2 Å². The van der Waals surface area contributed by atoms with Crippen molar-refractivity contribution >= 4 is 5.82 Å². The summed E-state index contributed by atoms with van der Waals surface area (Å²) in [6, 6.07) is 1.98. The third kappa shape index (κ3) is 4.12. The molecule has 1 rings (SSSR count). The molecule has 0 fully saturated rings. The first-order valence-electron chi connectivity index (χ1n) is 5.50. The lowest BCUT2D eigenvalue weighted by atomic mass is 10.3. The van der Waals surface area contributed by atoms with Crippen LogP contribution in [0.5, 0.6) is 0 Å². The van der Waals surface area contributed by atoms with Crippen LogP contribution in [0.1, 0.15) is 12.1 Å². The summed E-state index contributed by atoms with van der Waals surface area (Å²) in [5.74, 6) is 0.943. The standard InChI is InChI=1S/C11H20N4O/c1-10-8-11(14-9-13-10)15(5-3-4-12)6-7-16-2/h8-9H,3-7,12H2,1-2H3. The second-order valence-corrected chi connectivity index (χ2v) is 3.64. The summed E-state index contributed by atoms with van der Waals surface area (Å²) < 4.78 is 5.09. The van der Waals surface area contributed by atoms with Gasteiger partial charge in [0.05, 0.1) is 6.61 Å². The van der Waals surface area contributed by atoms with Crippen molar-refractivity contribution in [3.63, 3.8) is 0 Å². The largest absolute Gasteiger partial charge is 0.383 e. The Balaban J connectivity index is 2.66. The summed E-state index contributed by atoms with van der Waals surface area (Å²) in [6.07, 6.45) is 2.54. The fraction of sp³-hybridized carbons (Fsp3) is 0.636. The average Bonchev–Trinajstić information content (AvgIpc) is 2.29. The maximum Gasteiger partial charge on any atom is 0.132 e. The van der Waals surface area contributed by atoms with E-state index in [1.807, 2.05) is 13.0 Å². The molecule has 0 unspecified atom stereocenters. The van der Waals surface area contributed by atoms with E-state index in [2.05, 4.69) is 14.9 Å². The third-order valence-electron chi connectivity index (χ3n) is 2.31. The number of hydrogen-bond donors (Lipinski definition) is 1. The molecule has 0 spiro atoms. The Morgan fingerprint density at radius 1 is 1.38 bits per heavy atom. The second-order valence-electron chi connectivity index (χ2n) is 3.64. The van der Waals surface area contributed by atoms with Crippen LogP contribution in [0.3, 0.4) is 0 Å². The van der Waals surface area contributed by atoms with Crippen LogP contribution in [0.15, 0.2) is 12.4 Å². The molecule has 0 bridgehead atoms. The van der Waals surface area contributed by atoms with Crippen LogP contribution < -0.4 is 10.6 Å². The molecule has 16 heavy (non-hydrogen) atoms. The molecule has 0 amide bonds. The van der Waals surface area contributed by atoms with Gasteiger partial charge in [0, 0.05) is 32.0 Å². The Kier molecular flexibility index (Phi) is 5.74. The van der Waals surface area contributed by atoms with Crippen LogP contribution in [-0.4, -0.2) is 43.3 Å². The molecule has 1 heterocycles. The van der Waals surface area contributed by atoms with Crippen LogP contribution in [-0.2, 0) is 4.74 Å². The molecule has 5 heteroatoms. The zero-order valence-corrected chi connectivity index (χ0v) is 10.0. The highest BCUT2D eigenvalue weighted by Crippen LogP contribution is 2.10. The molecule has 0 saturated heterocycles. The van der Waals surface area contributed by atoms with E-state index in [1.165, 1.54) is 0 Å². The highest BCUT2D eigenvalue weighted by molar-refractivity contribution is 5.38. The van der Waals surface area contributed by atoms with Gasteiger partial charge in [-0.3, -0.25) is 0 Å². The minimum absolute atomic E-state index is 0.688. The van der Waals surface area contributed by atoms with Crippen LogP contribution in [0.25, 0.3) is 0 Å². The molecular formula is C11H20N4O. The highest BCUT2D eigenvalue weighted by Gasteiger charge is 2.07. The predicted octanol–water partition coefficient (Wildman–Crippen LogP) is 0.587. The molecule has 90 valence electrons. The van der Waals surface area contributed by atoms with Crippen LogP contribution >= 0.6 is 0 Å². The first kappa shape index (κ1) is 12.9. The number of nitrogens with zero attached hydrogens (tertiary/aromatic N) is 3. The first-order chi connectivity index (χ1) is 7.77. The minimum atomic E-state index is 0.688. The van der Waals surface area contributed by atoms with Gasteiger partial charge in [-0.05, 0) is 19.9 Å². The number of hydrogen-bond acceptors (Lipinski definition) is 5. The van der Waals surface area contributed by atoms with E-state index in [9.17, 15) is 0 Å². The number of rotatable bonds is 7. The van der Waals surface area contributed by atoms with Gasteiger partial charge in [0.15, 0.2) is 0 Å². The minimum Gasteiger partial charge on any atom is -0.383 e. The Hall–Kier alpha value is -1.20. The van der Waals surface area contributed by atoms with Gasteiger partial charge in [-0.1, -0.05) is 0 Å². The number of methoxy groups -OCH3 is 1. The SMILES string of the molecule is COCCN(CCCN)c1cc(C)ncn1. The number of ether oxygens (including phenoxy) is 1. The lowest BCUT2D eigenvalue weighted by Gasteiger charge is -2.23. The van der Waals surface area contributed by atoms with Gasteiger partial charge in [0.2, 0.25) is 0 Å². The molecule has 0 saturated carbocycles. The predicted molar refractivity (Wildman–Crippen MR) is 64.5 cm³/mol. The van der Waals surface area contributed by atoms with Gasteiger partial charge in [-0.2, -0.15) is 0 Å². The van der Waals surface area contributed by atoms with E-state index in [-0.39, 0.29) is 0 Å². The van der Waals surface area contributed by atoms with Crippen LogP contribution in [0, 0.1) is 6.92 Å². The summed E-state index contributed by atoms with van der Waals surface area (Å²) in [7, 11) is 1.70. The lowest BCUT2D eigenvalue weighted by Crippen LogP contribution is -2.30. The van der Waals surface area contributed by atoms with E-state index in [0.717, 1.165) is 31.0 Å². The maximum absolute atomic E-state index is 5.52. The second kappa shape index (κ2) is 7.14. The highest BCUT2D eigenvalue weighted by atomic mass is 16.5. The summed E-state index contributed by atoms with van der Waals surface area (Å²) in [6.45, 7) is 5.06. The van der Waals surface area contributed by atoms with Gasteiger partial charge in [0.25, 0.3) is 0 Å². The zero-order valence-electron chi connectivity index (χ0n) is 10.0. The molecule has 1 aromatic rings. The molecule has 5 nitrogen and oxygen atoms in total. The molecule has 1 aromatic heterocycles. The van der Waals surface area contributed by atoms with Gasteiger partial charge in [0.1, 0.15) is 12.1 Å². The average molecular weight is 224 g/mol. The first-order valence-corrected chi connectivity index (χ1v) is 5.50. The van der Waals surface area contributed by atoms with Crippen molar-refractivity contribution in [2.75, 3.05) is 38.3 Å². The fourth-order valence-electron chi connectivity index (χ4n) is 1.44. The third-order valence-corrected chi connectivity index (χ3v) is 2.31. The summed E-state index contributed by atoms with van der Waals surface area (Å²) in [5.41, 5.74) is 6.50. The zero-order chi connectivity index (χ0) is 11.8. The Bertz CT molecular complexity index is 298. The van der Waals surface area contributed by atoms with Gasteiger partial charge >= 0.3 is 0 Å².